The summed E-state index contributed by atoms with van der Waals surface area (Å²) in [5.74, 6) is 1.61. The van der Waals surface area contributed by atoms with Crippen molar-refractivity contribution in [1.29, 1.82) is 0 Å². The summed E-state index contributed by atoms with van der Waals surface area (Å²) in [4.78, 5) is 1.88. The molecular formula is C30H31NO4. The summed E-state index contributed by atoms with van der Waals surface area (Å²) in [5, 5.41) is 32.5. The molecule has 4 aromatic carbocycles. The van der Waals surface area contributed by atoms with Crippen LogP contribution in [-0.2, 0) is 0 Å². The standard InChI is InChI=1S/C30H31NO4/c1-17-14-25(32)22(6)26(15-17)35-24-9-7-8-23(16-24)31(27-18(2)10-12-20(4)29(27)33)28-19(3)11-13-21(5)30(28)34/h7-16,32-34H,1-6H3. The van der Waals surface area contributed by atoms with E-state index in [0.29, 0.717) is 34.1 Å². The van der Waals surface area contributed by atoms with Crippen molar-refractivity contribution in [2.45, 2.75) is 41.5 Å². The third-order valence-electron chi connectivity index (χ3n) is 6.34. The molecule has 0 aliphatic rings. The zero-order valence-electron chi connectivity index (χ0n) is 21.0. The van der Waals surface area contributed by atoms with Gasteiger partial charge in [0.2, 0.25) is 0 Å². The molecule has 4 rings (SSSR count). The predicted octanol–water partition coefficient (Wildman–Crippen LogP) is 7.92. The van der Waals surface area contributed by atoms with Gasteiger partial charge in [-0.2, -0.15) is 0 Å². The molecule has 0 aliphatic heterocycles. The molecule has 180 valence electrons. The molecular weight excluding hydrogens is 438 g/mol. The number of anilines is 3. The number of hydrogen-bond acceptors (Lipinski definition) is 5. The first-order chi connectivity index (χ1) is 16.6. The molecule has 3 N–H and O–H groups in total. The van der Waals surface area contributed by atoms with Crippen molar-refractivity contribution in [1.82, 2.24) is 0 Å². The van der Waals surface area contributed by atoms with Crippen molar-refractivity contribution in [3.63, 3.8) is 0 Å². The monoisotopic (exact) mass is 469 g/mol. The van der Waals surface area contributed by atoms with E-state index >= 15 is 0 Å². The normalized spacial score (nSPS) is 10.9. The lowest BCUT2D eigenvalue weighted by molar-refractivity contribution is 0.447. The van der Waals surface area contributed by atoms with Crippen LogP contribution in [0.2, 0.25) is 0 Å². The SMILES string of the molecule is Cc1cc(O)c(C)c(Oc2cccc(N(c3c(C)ccc(C)c3O)c3c(C)ccc(C)c3O)c2)c1. The third-order valence-corrected chi connectivity index (χ3v) is 6.34. The maximum Gasteiger partial charge on any atom is 0.142 e. The fourth-order valence-electron chi connectivity index (χ4n) is 4.22. The third kappa shape index (κ3) is 4.50. The molecule has 0 heterocycles. The van der Waals surface area contributed by atoms with Crippen LogP contribution >= 0.6 is 0 Å². The number of aryl methyl sites for hydroxylation is 5. The highest BCUT2D eigenvalue weighted by Gasteiger charge is 2.25. The van der Waals surface area contributed by atoms with E-state index in [1.165, 1.54) is 0 Å². The summed E-state index contributed by atoms with van der Waals surface area (Å²) in [5.41, 5.74) is 6.63. The second-order valence-electron chi connectivity index (χ2n) is 9.14. The minimum Gasteiger partial charge on any atom is -0.508 e. The summed E-state index contributed by atoms with van der Waals surface area (Å²) < 4.78 is 6.19. The largest absolute Gasteiger partial charge is 0.508 e. The fourth-order valence-corrected chi connectivity index (χ4v) is 4.22. The summed E-state index contributed by atoms with van der Waals surface area (Å²) in [6.45, 7) is 11.3. The van der Waals surface area contributed by atoms with Gasteiger partial charge in [-0.05, 0) is 93.6 Å². The van der Waals surface area contributed by atoms with Gasteiger partial charge in [0, 0.05) is 11.6 Å². The first-order valence-corrected chi connectivity index (χ1v) is 11.5. The van der Waals surface area contributed by atoms with E-state index in [2.05, 4.69) is 0 Å². The Hall–Kier alpha value is -4.12. The van der Waals surface area contributed by atoms with Crippen molar-refractivity contribution in [2.24, 2.45) is 0 Å². The number of aromatic hydroxyl groups is 3. The smallest absolute Gasteiger partial charge is 0.142 e. The van der Waals surface area contributed by atoms with Crippen LogP contribution in [0.4, 0.5) is 17.1 Å². The first-order valence-electron chi connectivity index (χ1n) is 11.5. The van der Waals surface area contributed by atoms with Crippen LogP contribution in [0.15, 0.2) is 60.7 Å². The fraction of sp³-hybridized carbons (Fsp3) is 0.200. The summed E-state index contributed by atoms with van der Waals surface area (Å²) in [6.07, 6.45) is 0. The Morgan fingerprint density at radius 1 is 0.629 bits per heavy atom. The quantitative estimate of drug-likeness (QED) is 0.277. The molecule has 0 aromatic heterocycles. The van der Waals surface area contributed by atoms with Crippen LogP contribution in [0.1, 0.15) is 33.4 Å². The molecule has 0 aliphatic carbocycles. The van der Waals surface area contributed by atoms with E-state index in [4.69, 9.17) is 4.74 Å². The second kappa shape index (κ2) is 9.26. The van der Waals surface area contributed by atoms with Gasteiger partial charge in [-0.3, -0.25) is 0 Å². The Bertz CT molecular complexity index is 1370. The molecule has 0 radical (unpaired) electrons. The summed E-state index contributed by atoms with van der Waals surface area (Å²) >= 11 is 0. The number of rotatable bonds is 5. The number of hydrogen-bond donors (Lipinski definition) is 3. The van der Waals surface area contributed by atoms with Crippen LogP contribution < -0.4 is 9.64 Å². The van der Waals surface area contributed by atoms with E-state index in [1.54, 1.807) is 6.07 Å². The lowest BCUT2D eigenvalue weighted by Crippen LogP contribution is -2.14. The van der Waals surface area contributed by atoms with E-state index in [9.17, 15) is 15.3 Å². The lowest BCUT2D eigenvalue weighted by atomic mass is 10.0. The number of phenols is 3. The van der Waals surface area contributed by atoms with Gasteiger partial charge in [0.05, 0.1) is 17.1 Å². The molecule has 0 bridgehead atoms. The van der Waals surface area contributed by atoms with Gasteiger partial charge < -0.3 is 25.0 Å². The van der Waals surface area contributed by atoms with Gasteiger partial charge >= 0.3 is 0 Å². The van der Waals surface area contributed by atoms with Crippen LogP contribution in [0, 0.1) is 41.5 Å². The van der Waals surface area contributed by atoms with Crippen molar-refractivity contribution < 1.29 is 20.1 Å². The molecule has 4 aromatic rings. The summed E-state index contributed by atoms with van der Waals surface area (Å²) in [6, 6.07) is 18.7. The molecule has 5 nitrogen and oxygen atoms in total. The van der Waals surface area contributed by atoms with E-state index < -0.39 is 0 Å². The molecule has 5 heteroatoms. The molecule has 0 saturated heterocycles. The number of nitrogens with zero attached hydrogens (tertiary/aromatic N) is 1. The highest BCUT2D eigenvalue weighted by atomic mass is 16.5. The number of benzene rings is 4. The molecule has 0 fully saturated rings. The Kier molecular flexibility index (Phi) is 6.35. The Morgan fingerprint density at radius 2 is 1.17 bits per heavy atom. The summed E-state index contributed by atoms with van der Waals surface area (Å²) in [7, 11) is 0. The second-order valence-corrected chi connectivity index (χ2v) is 9.14. The number of ether oxygens (including phenoxy) is 1. The highest BCUT2D eigenvalue weighted by Crippen LogP contribution is 2.49. The van der Waals surface area contributed by atoms with Crippen molar-refractivity contribution >= 4 is 17.1 Å². The van der Waals surface area contributed by atoms with E-state index in [1.807, 2.05) is 101 Å². The Balaban J connectivity index is 1.93. The molecule has 0 spiro atoms. The van der Waals surface area contributed by atoms with E-state index in [-0.39, 0.29) is 17.2 Å². The minimum absolute atomic E-state index is 0.149. The van der Waals surface area contributed by atoms with Crippen LogP contribution in [0.5, 0.6) is 28.7 Å². The van der Waals surface area contributed by atoms with Gasteiger partial charge in [0.15, 0.2) is 0 Å². The maximum absolute atomic E-state index is 11.1. The number of phenolic OH excluding ortho intramolecular Hbond substituents is 3. The van der Waals surface area contributed by atoms with Gasteiger partial charge in [0.25, 0.3) is 0 Å². The lowest BCUT2D eigenvalue weighted by Gasteiger charge is -2.30. The van der Waals surface area contributed by atoms with Gasteiger partial charge in [0.1, 0.15) is 28.7 Å². The van der Waals surface area contributed by atoms with Crippen LogP contribution in [0.25, 0.3) is 0 Å². The highest BCUT2D eigenvalue weighted by molar-refractivity contribution is 5.87. The minimum atomic E-state index is 0.149. The van der Waals surface area contributed by atoms with Crippen LogP contribution in [-0.4, -0.2) is 15.3 Å². The average Bonchev–Trinajstić information content (AvgIpc) is 2.81. The molecule has 0 amide bonds. The van der Waals surface area contributed by atoms with Crippen molar-refractivity contribution in [3.05, 3.63) is 94.0 Å². The molecule has 0 unspecified atom stereocenters. The Morgan fingerprint density at radius 3 is 1.74 bits per heavy atom. The molecule has 0 atom stereocenters. The predicted molar refractivity (Wildman–Crippen MR) is 141 cm³/mol. The Labute approximate surface area is 206 Å². The first kappa shape index (κ1) is 24.0. The zero-order chi connectivity index (χ0) is 25.4. The van der Waals surface area contributed by atoms with Gasteiger partial charge in [-0.15, -0.1) is 0 Å². The van der Waals surface area contributed by atoms with Gasteiger partial charge in [-0.25, -0.2) is 0 Å². The molecule has 0 saturated carbocycles. The molecule has 35 heavy (non-hydrogen) atoms. The van der Waals surface area contributed by atoms with E-state index in [0.717, 1.165) is 27.8 Å². The maximum atomic E-state index is 11.1. The topological polar surface area (TPSA) is 73.2 Å². The average molecular weight is 470 g/mol. The van der Waals surface area contributed by atoms with Crippen molar-refractivity contribution in [2.75, 3.05) is 4.90 Å². The van der Waals surface area contributed by atoms with Crippen molar-refractivity contribution in [3.8, 4) is 28.7 Å². The zero-order valence-corrected chi connectivity index (χ0v) is 21.0. The van der Waals surface area contributed by atoms with Gasteiger partial charge in [-0.1, -0.05) is 30.3 Å². The van der Waals surface area contributed by atoms with Crippen LogP contribution in [0.3, 0.4) is 0 Å².